The summed E-state index contributed by atoms with van der Waals surface area (Å²) < 4.78 is 0. The molecule has 1 fully saturated rings. The molecule has 0 unspecified atom stereocenters. The maximum atomic E-state index is 12.1. The highest BCUT2D eigenvalue weighted by Crippen LogP contribution is 2.29. The third-order valence-corrected chi connectivity index (χ3v) is 4.53. The molecule has 2 N–H and O–H groups in total. The van der Waals surface area contributed by atoms with Gasteiger partial charge < -0.3 is 10.2 Å². The number of nitrogens with one attached hydrogen (secondary N) is 2. The summed E-state index contributed by atoms with van der Waals surface area (Å²) >= 11 is 12.0. The highest BCUT2D eigenvalue weighted by molar-refractivity contribution is 6.43. The Morgan fingerprint density at radius 1 is 1.30 bits per heavy atom. The normalized spacial score (nSPS) is 26.3. The number of quaternary nitrogens is 1. The monoisotopic (exact) mass is 315 g/mol. The number of likely N-dealkylation sites (tertiary alicyclic amines) is 1. The van der Waals surface area contributed by atoms with Gasteiger partial charge in [-0.25, -0.2) is 0 Å². The molecule has 1 heterocycles. The third kappa shape index (κ3) is 4.11. The van der Waals surface area contributed by atoms with Crippen LogP contribution in [-0.4, -0.2) is 25.5 Å². The van der Waals surface area contributed by atoms with Crippen LogP contribution in [0.2, 0.25) is 10.0 Å². The molecule has 0 saturated carbocycles. The number of carbonyl (C=O) groups is 1. The lowest BCUT2D eigenvalue weighted by molar-refractivity contribution is -0.904. The largest absolute Gasteiger partial charge is 0.327 e. The van der Waals surface area contributed by atoms with Crippen molar-refractivity contribution in [2.75, 3.05) is 25.0 Å². The van der Waals surface area contributed by atoms with Crippen LogP contribution in [0, 0.1) is 11.8 Å². The van der Waals surface area contributed by atoms with Crippen LogP contribution < -0.4 is 10.2 Å². The Kier molecular flexibility index (Phi) is 5.30. The van der Waals surface area contributed by atoms with Crippen LogP contribution in [0.15, 0.2) is 18.2 Å². The summed E-state index contributed by atoms with van der Waals surface area (Å²) in [5.74, 6) is 1.35. The van der Waals surface area contributed by atoms with Crippen molar-refractivity contribution in [2.24, 2.45) is 11.8 Å². The van der Waals surface area contributed by atoms with E-state index < -0.39 is 0 Å². The van der Waals surface area contributed by atoms with Gasteiger partial charge in [-0.15, -0.1) is 0 Å². The maximum Gasteiger partial charge on any atom is 0.279 e. The number of hydrogen-bond acceptors (Lipinski definition) is 1. The lowest BCUT2D eigenvalue weighted by Gasteiger charge is -2.31. The fourth-order valence-electron chi connectivity index (χ4n) is 3.09. The number of amides is 1. The molecule has 20 heavy (non-hydrogen) atoms. The second-order valence-electron chi connectivity index (χ2n) is 5.93. The molecule has 1 aromatic rings. The topological polar surface area (TPSA) is 33.5 Å². The van der Waals surface area contributed by atoms with Gasteiger partial charge in [0.25, 0.3) is 5.91 Å². The van der Waals surface area contributed by atoms with Crippen molar-refractivity contribution in [2.45, 2.75) is 20.3 Å². The van der Waals surface area contributed by atoms with Gasteiger partial charge in [0.1, 0.15) is 0 Å². The summed E-state index contributed by atoms with van der Waals surface area (Å²) in [5.41, 5.74) is 0.585. The smallest absolute Gasteiger partial charge is 0.279 e. The molecule has 1 aliphatic rings. The molecular weight excluding hydrogens is 295 g/mol. The molecule has 5 heteroatoms. The Morgan fingerprint density at radius 2 is 1.95 bits per heavy atom. The lowest BCUT2D eigenvalue weighted by Crippen LogP contribution is -3.15. The first kappa shape index (κ1) is 15.6. The van der Waals surface area contributed by atoms with E-state index in [1.807, 2.05) is 0 Å². The Hall–Kier alpha value is -0.770. The van der Waals surface area contributed by atoms with Crippen LogP contribution in [0.5, 0.6) is 0 Å². The number of carbonyl (C=O) groups excluding carboxylic acids is 1. The predicted octanol–water partition coefficient (Wildman–Crippen LogP) is 2.49. The molecule has 2 atom stereocenters. The number of piperidine rings is 1. The zero-order chi connectivity index (χ0) is 14.7. The summed E-state index contributed by atoms with van der Waals surface area (Å²) in [5, 5.41) is 3.71. The molecule has 110 valence electrons. The Balaban J connectivity index is 1.94. The van der Waals surface area contributed by atoms with E-state index in [0.29, 0.717) is 34.1 Å². The van der Waals surface area contributed by atoms with Crippen molar-refractivity contribution in [1.29, 1.82) is 0 Å². The first-order valence-electron chi connectivity index (χ1n) is 7.03. The fraction of sp³-hybridized carbons (Fsp3) is 0.533. The predicted molar refractivity (Wildman–Crippen MR) is 83.6 cm³/mol. The van der Waals surface area contributed by atoms with Gasteiger partial charge in [-0.1, -0.05) is 43.1 Å². The molecule has 3 nitrogen and oxygen atoms in total. The molecule has 1 aliphatic heterocycles. The summed E-state index contributed by atoms with van der Waals surface area (Å²) in [6.45, 7) is 7.10. The number of benzene rings is 1. The van der Waals surface area contributed by atoms with Crippen molar-refractivity contribution in [3.63, 3.8) is 0 Å². The minimum absolute atomic E-state index is 0.00883. The second kappa shape index (κ2) is 6.79. The van der Waals surface area contributed by atoms with E-state index in [-0.39, 0.29) is 5.91 Å². The molecule has 0 bridgehead atoms. The summed E-state index contributed by atoms with van der Waals surface area (Å²) in [4.78, 5) is 13.5. The maximum absolute atomic E-state index is 12.1. The van der Waals surface area contributed by atoms with Crippen molar-refractivity contribution in [3.8, 4) is 0 Å². The van der Waals surface area contributed by atoms with E-state index in [2.05, 4.69) is 19.2 Å². The molecule has 0 aromatic heterocycles. The number of halogens is 2. The first-order chi connectivity index (χ1) is 9.45. The molecule has 0 radical (unpaired) electrons. The van der Waals surface area contributed by atoms with Crippen LogP contribution in [0.3, 0.4) is 0 Å². The van der Waals surface area contributed by atoms with Gasteiger partial charge in [0.2, 0.25) is 0 Å². The van der Waals surface area contributed by atoms with Crippen LogP contribution in [0.4, 0.5) is 5.69 Å². The Morgan fingerprint density at radius 3 is 2.60 bits per heavy atom. The Labute approximate surface area is 130 Å². The van der Waals surface area contributed by atoms with Crippen molar-refractivity contribution in [3.05, 3.63) is 28.2 Å². The van der Waals surface area contributed by atoms with Crippen LogP contribution in [-0.2, 0) is 4.79 Å². The van der Waals surface area contributed by atoms with E-state index in [9.17, 15) is 4.79 Å². The highest BCUT2D eigenvalue weighted by Gasteiger charge is 2.26. The standard InChI is InChI=1S/C15H20Cl2N2O/c1-10-6-11(2)8-19(7-10)9-14(20)18-13-5-3-4-12(16)15(13)17/h3-5,10-11H,6-9H2,1-2H3,(H,18,20)/p+1/t10-,11-/m1/s1. The van der Waals surface area contributed by atoms with Crippen molar-refractivity contribution >= 4 is 34.8 Å². The first-order valence-corrected chi connectivity index (χ1v) is 7.78. The average Bonchev–Trinajstić information content (AvgIpc) is 2.33. The van der Waals surface area contributed by atoms with Crippen molar-refractivity contribution < 1.29 is 9.69 Å². The van der Waals surface area contributed by atoms with Crippen LogP contribution in [0.25, 0.3) is 0 Å². The lowest BCUT2D eigenvalue weighted by atomic mass is 9.92. The van der Waals surface area contributed by atoms with Gasteiger partial charge in [-0.05, 0) is 18.6 Å². The van der Waals surface area contributed by atoms with E-state index >= 15 is 0 Å². The van der Waals surface area contributed by atoms with E-state index in [1.54, 1.807) is 18.2 Å². The zero-order valence-corrected chi connectivity index (χ0v) is 13.4. The van der Waals surface area contributed by atoms with Gasteiger partial charge >= 0.3 is 0 Å². The van der Waals surface area contributed by atoms with Gasteiger partial charge in [0, 0.05) is 11.8 Å². The number of hydrogen-bond donors (Lipinski definition) is 2. The Bertz CT molecular complexity index is 483. The van der Waals surface area contributed by atoms with Crippen LogP contribution in [0.1, 0.15) is 20.3 Å². The quantitative estimate of drug-likeness (QED) is 0.883. The minimum atomic E-state index is -0.00883. The zero-order valence-electron chi connectivity index (χ0n) is 11.9. The van der Waals surface area contributed by atoms with Gasteiger partial charge in [0.05, 0.1) is 28.8 Å². The second-order valence-corrected chi connectivity index (χ2v) is 6.72. The van der Waals surface area contributed by atoms with Gasteiger partial charge in [-0.2, -0.15) is 0 Å². The van der Waals surface area contributed by atoms with Crippen LogP contribution >= 0.6 is 23.2 Å². The van der Waals surface area contributed by atoms with E-state index in [0.717, 1.165) is 13.1 Å². The number of rotatable bonds is 3. The molecule has 1 saturated heterocycles. The SMILES string of the molecule is C[C@@H]1C[C@@H](C)C[NH+](CC(=O)Nc2cccc(Cl)c2Cl)C1. The van der Waals surface area contributed by atoms with E-state index in [1.165, 1.54) is 11.3 Å². The summed E-state index contributed by atoms with van der Waals surface area (Å²) in [6.07, 6.45) is 1.26. The molecule has 0 aliphatic carbocycles. The molecule has 1 amide bonds. The fourth-order valence-corrected chi connectivity index (χ4v) is 3.44. The van der Waals surface area contributed by atoms with E-state index in [4.69, 9.17) is 23.2 Å². The summed E-state index contributed by atoms with van der Waals surface area (Å²) in [6, 6.07) is 5.25. The molecular formula is C15H21Cl2N2O+. The molecule has 0 spiro atoms. The van der Waals surface area contributed by atoms with Gasteiger partial charge in [-0.3, -0.25) is 4.79 Å². The average molecular weight is 316 g/mol. The van der Waals surface area contributed by atoms with Crippen molar-refractivity contribution in [1.82, 2.24) is 0 Å². The van der Waals surface area contributed by atoms with Gasteiger partial charge in [0.15, 0.2) is 6.54 Å². The molecule has 2 rings (SSSR count). The highest BCUT2D eigenvalue weighted by atomic mass is 35.5. The minimum Gasteiger partial charge on any atom is -0.327 e. The summed E-state index contributed by atoms with van der Waals surface area (Å²) in [7, 11) is 0. The molecule has 1 aromatic carbocycles. The third-order valence-electron chi connectivity index (χ3n) is 3.72. The number of anilines is 1.